The normalized spacial score (nSPS) is 13.2. The zero-order chi connectivity index (χ0) is 17.2. The molecule has 0 heterocycles. The molecular formula is C20H37NO2. The molecule has 0 spiro atoms. The number of unbranched alkanes of at least 4 members (excludes halogenated alkanes) is 8. The lowest BCUT2D eigenvalue weighted by Gasteiger charge is -2.05. The lowest BCUT2D eigenvalue weighted by atomic mass is 10.1. The van der Waals surface area contributed by atoms with E-state index in [1.54, 1.807) is 0 Å². The molecule has 3 N–H and O–H groups in total. The molecule has 0 amide bonds. The van der Waals surface area contributed by atoms with E-state index in [4.69, 9.17) is 5.73 Å². The quantitative estimate of drug-likeness (QED) is 0.320. The van der Waals surface area contributed by atoms with Gasteiger partial charge in [0.05, 0.1) is 0 Å². The highest BCUT2D eigenvalue weighted by Gasteiger charge is 2.11. The van der Waals surface area contributed by atoms with Crippen LogP contribution in [0.2, 0.25) is 0 Å². The minimum Gasteiger partial charge on any atom is -0.384 e. The zero-order valence-corrected chi connectivity index (χ0v) is 15.0. The van der Waals surface area contributed by atoms with Crippen LogP contribution in [0.3, 0.4) is 0 Å². The van der Waals surface area contributed by atoms with Gasteiger partial charge < -0.3 is 10.8 Å². The largest absolute Gasteiger partial charge is 0.384 e. The summed E-state index contributed by atoms with van der Waals surface area (Å²) < 4.78 is 0. The summed E-state index contributed by atoms with van der Waals surface area (Å²) in [5, 5.41) is 9.25. The minimum atomic E-state index is -0.958. The Morgan fingerprint density at radius 1 is 0.913 bits per heavy atom. The molecule has 1 unspecified atom stereocenters. The maximum Gasteiger partial charge on any atom is 0.162 e. The van der Waals surface area contributed by atoms with Gasteiger partial charge in [-0.15, -0.1) is 0 Å². The van der Waals surface area contributed by atoms with E-state index in [-0.39, 0.29) is 12.3 Å². The average Bonchev–Trinajstić information content (AvgIpc) is 2.57. The van der Waals surface area contributed by atoms with Crippen molar-refractivity contribution in [2.75, 3.05) is 6.54 Å². The average molecular weight is 324 g/mol. The van der Waals surface area contributed by atoms with Crippen molar-refractivity contribution in [2.45, 2.75) is 90.1 Å². The molecule has 23 heavy (non-hydrogen) atoms. The molecule has 3 heteroatoms. The summed E-state index contributed by atoms with van der Waals surface area (Å²) in [4.78, 5) is 11.4. The molecule has 0 aromatic carbocycles. The smallest absolute Gasteiger partial charge is 0.162 e. The van der Waals surface area contributed by atoms with Gasteiger partial charge in [-0.1, -0.05) is 63.3 Å². The van der Waals surface area contributed by atoms with Crippen molar-refractivity contribution < 1.29 is 9.90 Å². The molecule has 0 saturated carbocycles. The number of Topliss-reactive ketones (excluding diaryl/α,β-unsaturated/α-hetero) is 1. The third kappa shape index (κ3) is 15.7. The first-order valence-corrected chi connectivity index (χ1v) is 9.43. The van der Waals surface area contributed by atoms with E-state index in [0.29, 0.717) is 6.42 Å². The molecule has 0 aliphatic carbocycles. The molecule has 0 rings (SSSR count). The Kier molecular flexibility index (Phi) is 16.7. The second-order valence-corrected chi connectivity index (χ2v) is 6.20. The predicted octanol–water partition coefficient (Wildman–Crippen LogP) is 4.69. The van der Waals surface area contributed by atoms with Gasteiger partial charge in [0.2, 0.25) is 0 Å². The highest BCUT2D eigenvalue weighted by molar-refractivity contribution is 5.82. The third-order valence-electron chi connectivity index (χ3n) is 3.97. The molecule has 0 saturated heterocycles. The van der Waals surface area contributed by atoms with Gasteiger partial charge in [0, 0.05) is 13.0 Å². The molecule has 1 atom stereocenters. The second kappa shape index (κ2) is 17.4. The van der Waals surface area contributed by atoms with Gasteiger partial charge in [-0.3, -0.25) is 4.79 Å². The minimum absolute atomic E-state index is 0.0408. The number of rotatable bonds is 16. The topological polar surface area (TPSA) is 63.3 Å². The first kappa shape index (κ1) is 22.1. The molecule has 0 aliphatic rings. The first-order chi connectivity index (χ1) is 11.2. The number of allylic oxidation sites excluding steroid dienone is 4. The molecule has 0 aliphatic heterocycles. The maximum atomic E-state index is 11.4. The molecular weight excluding hydrogens is 286 g/mol. The highest BCUT2D eigenvalue weighted by atomic mass is 16.3. The third-order valence-corrected chi connectivity index (χ3v) is 3.97. The SMILES string of the molecule is CCCCC/C=C\C/C=C\CCCCCCCC(=O)C(O)CN. The molecule has 0 aromatic heterocycles. The Bertz CT molecular complexity index is 324. The Labute approximate surface area is 143 Å². The van der Waals surface area contributed by atoms with Gasteiger partial charge in [-0.2, -0.15) is 0 Å². The van der Waals surface area contributed by atoms with E-state index < -0.39 is 6.10 Å². The van der Waals surface area contributed by atoms with E-state index in [9.17, 15) is 9.90 Å². The zero-order valence-electron chi connectivity index (χ0n) is 15.0. The van der Waals surface area contributed by atoms with Gasteiger partial charge in [0.15, 0.2) is 5.78 Å². The summed E-state index contributed by atoms with van der Waals surface area (Å²) in [5.41, 5.74) is 5.25. The van der Waals surface area contributed by atoms with Gasteiger partial charge in [-0.05, 0) is 38.5 Å². The van der Waals surface area contributed by atoms with Crippen LogP contribution in [0.5, 0.6) is 0 Å². The van der Waals surface area contributed by atoms with Gasteiger partial charge in [-0.25, -0.2) is 0 Å². The number of aliphatic hydroxyl groups excluding tert-OH is 1. The summed E-state index contributed by atoms with van der Waals surface area (Å²) in [7, 11) is 0. The van der Waals surface area contributed by atoms with Gasteiger partial charge >= 0.3 is 0 Å². The van der Waals surface area contributed by atoms with E-state index in [1.165, 1.54) is 38.5 Å². The van der Waals surface area contributed by atoms with Crippen LogP contribution in [0.1, 0.15) is 84.0 Å². The number of aliphatic hydroxyl groups is 1. The van der Waals surface area contributed by atoms with E-state index in [2.05, 4.69) is 31.2 Å². The number of carbonyl (C=O) groups excluding carboxylic acids is 1. The Balaban J connectivity index is 3.29. The molecule has 0 aromatic rings. The Morgan fingerprint density at radius 3 is 2.09 bits per heavy atom. The van der Waals surface area contributed by atoms with Crippen molar-refractivity contribution >= 4 is 5.78 Å². The fourth-order valence-electron chi connectivity index (χ4n) is 2.41. The fourth-order valence-corrected chi connectivity index (χ4v) is 2.41. The fraction of sp³-hybridized carbons (Fsp3) is 0.750. The summed E-state index contributed by atoms with van der Waals surface area (Å²) in [5.74, 6) is -0.113. The van der Waals surface area contributed by atoms with Crippen molar-refractivity contribution in [1.82, 2.24) is 0 Å². The molecule has 134 valence electrons. The van der Waals surface area contributed by atoms with Gasteiger partial charge in [0.1, 0.15) is 6.10 Å². The van der Waals surface area contributed by atoms with E-state index >= 15 is 0 Å². The second-order valence-electron chi connectivity index (χ2n) is 6.20. The van der Waals surface area contributed by atoms with Crippen LogP contribution >= 0.6 is 0 Å². The van der Waals surface area contributed by atoms with Crippen LogP contribution in [0.4, 0.5) is 0 Å². The van der Waals surface area contributed by atoms with Crippen LogP contribution in [0.15, 0.2) is 24.3 Å². The van der Waals surface area contributed by atoms with Crippen LogP contribution in [-0.4, -0.2) is 23.5 Å². The number of carbonyl (C=O) groups is 1. The van der Waals surface area contributed by atoms with Crippen molar-refractivity contribution in [3.63, 3.8) is 0 Å². The monoisotopic (exact) mass is 323 g/mol. The van der Waals surface area contributed by atoms with E-state index in [0.717, 1.165) is 32.1 Å². The highest BCUT2D eigenvalue weighted by Crippen LogP contribution is 2.09. The summed E-state index contributed by atoms with van der Waals surface area (Å²) in [6.07, 6.45) is 21.5. The molecule has 0 radical (unpaired) electrons. The predicted molar refractivity (Wildman–Crippen MR) is 99.4 cm³/mol. The van der Waals surface area contributed by atoms with Crippen molar-refractivity contribution in [1.29, 1.82) is 0 Å². The molecule has 0 fully saturated rings. The standard InChI is InChI=1S/C20H37NO2/c1-2-3-4-5-6-7-8-9-10-11-12-13-14-15-16-17-19(22)20(23)18-21/h6-7,9-10,20,23H,2-5,8,11-18,21H2,1H3/b7-6-,10-9-. The number of hydrogen-bond donors (Lipinski definition) is 2. The van der Waals surface area contributed by atoms with Crippen LogP contribution in [0, 0.1) is 0 Å². The lowest BCUT2D eigenvalue weighted by Crippen LogP contribution is -2.28. The summed E-state index contributed by atoms with van der Waals surface area (Å²) in [6, 6.07) is 0. The molecule has 0 bridgehead atoms. The van der Waals surface area contributed by atoms with Crippen LogP contribution in [-0.2, 0) is 4.79 Å². The van der Waals surface area contributed by atoms with Crippen molar-refractivity contribution in [3.05, 3.63) is 24.3 Å². The number of hydrogen-bond acceptors (Lipinski definition) is 3. The Hall–Kier alpha value is -0.930. The van der Waals surface area contributed by atoms with E-state index in [1.807, 2.05) is 0 Å². The number of ketones is 1. The van der Waals surface area contributed by atoms with Crippen LogP contribution in [0.25, 0.3) is 0 Å². The van der Waals surface area contributed by atoms with Crippen molar-refractivity contribution in [2.24, 2.45) is 5.73 Å². The summed E-state index contributed by atoms with van der Waals surface area (Å²) >= 11 is 0. The van der Waals surface area contributed by atoms with Crippen LogP contribution < -0.4 is 5.73 Å². The lowest BCUT2D eigenvalue weighted by molar-refractivity contribution is -0.126. The van der Waals surface area contributed by atoms with Crippen molar-refractivity contribution in [3.8, 4) is 0 Å². The first-order valence-electron chi connectivity index (χ1n) is 9.43. The maximum absolute atomic E-state index is 11.4. The Morgan fingerprint density at radius 2 is 1.48 bits per heavy atom. The van der Waals surface area contributed by atoms with Gasteiger partial charge in [0.25, 0.3) is 0 Å². The molecule has 3 nitrogen and oxygen atoms in total. The number of nitrogens with two attached hydrogens (primary N) is 1. The summed E-state index contributed by atoms with van der Waals surface area (Å²) in [6.45, 7) is 2.28.